The molecule has 0 atom stereocenters. The number of carboxylic acids is 1. The van der Waals surface area contributed by atoms with Crippen LogP contribution < -0.4 is 5.32 Å². The maximum absolute atomic E-state index is 11.1. The predicted molar refractivity (Wildman–Crippen MR) is 60.1 cm³/mol. The molecule has 2 N–H and O–H groups in total. The van der Waals surface area contributed by atoms with Crippen LogP contribution in [0.15, 0.2) is 24.3 Å². The van der Waals surface area contributed by atoms with Crippen molar-refractivity contribution in [2.75, 3.05) is 5.32 Å². The average Bonchev–Trinajstić information content (AvgIpc) is 2.56. The van der Waals surface area contributed by atoms with Crippen molar-refractivity contribution in [1.29, 1.82) is 0 Å². The van der Waals surface area contributed by atoms with Crippen LogP contribution in [0.3, 0.4) is 0 Å². The minimum absolute atomic E-state index is 0.00154. The van der Waals surface area contributed by atoms with Crippen molar-refractivity contribution in [1.82, 2.24) is 0 Å². The third kappa shape index (κ3) is 2.28. The molecule has 0 spiro atoms. The van der Waals surface area contributed by atoms with Crippen LogP contribution in [0.25, 0.3) is 6.08 Å². The zero-order valence-corrected chi connectivity index (χ0v) is 8.56. The Morgan fingerprint density at radius 1 is 1.50 bits per heavy atom. The van der Waals surface area contributed by atoms with Gasteiger partial charge in [0.15, 0.2) is 0 Å². The van der Waals surface area contributed by atoms with Crippen LogP contribution in [0, 0.1) is 0 Å². The second-order valence-corrected chi connectivity index (χ2v) is 3.64. The van der Waals surface area contributed by atoms with Crippen molar-refractivity contribution in [3.63, 3.8) is 0 Å². The van der Waals surface area contributed by atoms with Gasteiger partial charge in [-0.15, -0.1) is 0 Å². The van der Waals surface area contributed by atoms with Gasteiger partial charge in [-0.05, 0) is 23.3 Å². The van der Waals surface area contributed by atoms with Crippen LogP contribution in [0.1, 0.15) is 17.5 Å². The molecule has 16 heavy (non-hydrogen) atoms. The zero-order valence-electron chi connectivity index (χ0n) is 8.56. The molecule has 0 unspecified atom stereocenters. The van der Waals surface area contributed by atoms with E-state index in [9.17, 15) is 9.59 Å². The highest BCUT2D eigenvalue weighted by molar-refractivity contribution is 5.99. The topological polar surface area (TPSA) is 66.4 Å². The summed E-state index contributed by atoms with van der Waals surface area (Å²) < 4.78 is 0. The quantitative estimate of drug-likeness (QED) is 0.809. The molecule has 0 aromatic heterocycles. The Morgan fingerprint density at radius 3 is 3.06 bits per heavy atom. The Balaban J connectivity index is 2.13. The van der Waals surface area contributed by atoms with Crippen molar-refractivity contribution in [2.24, 2.45) is 0 Å². The summed E-state index contributed by atoms with van der Waals surface area (Å²) in [5.74, 6) is -0.851. The van der Waals surface area contributed by atoms with E-state index in [1.165, 1.54) is 0 Å². The van der Waals surface area contributed by atoms with Crippen LogP contribution >= 0.6 is 0 Å². The van der Waals surface area contributed by atoms with Gasteiger partial charge in [-0.3, -0.25) is 9.59 Å². The number of fused-ring (bicyclic) bond motifs is 1. The van der Waals surface area contributed by atoms with Crippen LogP contribution in [0.4, 0.5) is 5.69 Å². The minimum Gasteiger partial charge on any atom is -0.481 e. The molecule has 0 aliphatic carbocycles. The first-order valence-electron chi connectivity index (χ1n) is 4.96. The van der Waals surface area contributed by atoms with E-state index in [1.807, 2.05) is 18.2 Å². The molecular weight excluding hydrogens is 206 g/mol. The smallest absolute Gasteiger partial charge is 0.307 e. The number of hydrogen-bond donors (Lipinski definition) is 2. The Morgan fingerprint density at radius 2 is 2.31 bits per heavy atom. The van der Waals surface area contributed by atoms with E-state index >= 15 is 0 Å². The van der Waals surface area contributed by atoms with Gasteiger partial charge < -0.3 is 10.4 Å². The molecule has 0 saturated heterocycles. The van der Waals surface area contributed by atoms with Gasteiger partial charge in [0, 0.05) is 5.69 Å². The van der Waals surface area contributed by atoms with Crippen molar-refractivity contribution in [3.05, 3.63) is 35.4 Å². The van der Waals surface area contributed by atoms with Crippen LogP contribution in [-0.2, 0) is 16.0 Å². The third-order valence-electron chi connectivity index (χ3n) is 2.36. The average molecular weight is 217 g/mol. The molecule has 1 aliphatic heterocycles. The van der Waals surface area contributed by atoms with Crippen LogP contribution in [-0.4, -0.2) is 17.0 Å². The zero-order chi connectivity index (χ0) is 11.5. The monoisotopic (exact) mass is 217 g/mol. The molecule has 0 fully saturated rings. The number of anilines is 1. The fraction of sp³-hybridized carbons (Fsp3) is 0.167. The largest absolute Gasteiger partial charge is 0.481 e. The van der Waals surface area contributed by atoms with E-state index in [0.29, 0.717) is 6.42 Å². The molecule has 0 saturated carbocycles. The molecule has 1 amide bonds. The summed E-state index contributed by atoms with van der Waals surface area (Å²) in [6, 6.07) is 5.58. The summed E-state index contributed by atoms with van der Waals surface area (Å²) in [4.78, 5) is 21.4. The maximum Gasteiger partial charge on any atom is 0.307 e. The number of carbonyl (C=O) groups is 2. The lowest BCUT2D eigenvalue weighted by Gasteiger charge is -1.99. The number of amides is 1. The lowest BCUT2D eigenvalue weighted by Crippen LogP contribution is -2.03. The number of carboxylic acid groups (broad SMARTS) is 1. The molecule has 4 heteroatoms. The highest BCUT2D eigenvalue weighted by Crippen LogP contribution is 2.24. The van der Waals surface area contributed by atoms with Gasteiger partial charge in [0.05, 0.1) is 12.8 Å². The van der Waals surface area contributed by atoms with Crippen molar-refractivity contribution in [2.45, 2.75) is 12.8 Å². The summed E-state index contributed by atoms with van der Waals surface area (Å²) in [6.45, 7) is 0. The van der Waals surface area contributed by atoms with Gasteiger partial charge in [-0.2, -0.15) is 0 Å². The first kappa shape index (κ1) is 10.4. The highest BCUT2D eigenvalue weighted by Gasteiger charge is 2.16. The lowest BCUT2D eigenvalue weighted by molar-refractivity contribution is -0.136. The summed E-state index contributed by atoms with van der Waals surface area (Å²) in [6.07, 6.45) is 3.75. The Labute approximate surface area is 92.6 Å². The molecule has 1 aliphatic rings. The van der Waals surface area contributed by atoms with Gasteiger partial charge >= 0.3 is 5.97 Å². The molecule has 1 aromatic carbocycles. The first-order chi connectivity index (χ1) is 7.65. The number of rotatable bonds is 3. The standard InChI is InChI=1S/C12H11NO3/c14-11-7-9-6-8(2-1-3-12(15)16)4-5-10(9)13-11/h1-2,4-6H,3,7H2,(H,13,14)(H,15,16). The van der Waals surface area contributed by atoms with Gasteiger partial charge in [0.25, 0.3) is 0 Å². The number of aliphatic carboxylic acids is 1. The van der Waals surface area contributed by atoms with Gasteiger partial charge in [0.1, 0.15) is 0 Å². The highest BCUT2D eigenvalue weighted by atomic mass is 16.4. The molecule has 2 rings (SSSR count). The van der Waals surface area contributed by atoms with E-state index in [-0.39, 0.29) is 12.3 Å². The van der Waals surface area contributed by atoms with E-state index in [4.69, 9.17) is 5.11 Å². The van der Waals surface area contributed by atoms with E-state index in [0.717, 1.165) is 16.8 Å². The van der Waals surface area contributed by atoms with Crippen molar-refractivity contribution >= 4 is 23.6 Å². The Hall–Kier alpha value is -2.10. The number of nitrogens with one attached hydrogen (secondary N) is 1. The fourth-order valence-electron chi connectivity index (χ4n) is 1.65. The number of hydrogen-bond acceptors (Lipinski definition) is 2. The Kier molecular flexibility index (Phi) is 2.72. The first-order valence-corrected chi connectivity index (χ1v) is 4.96. The summed E-state index contributed by atoms with van der Waals surface area (Å²) in [5.41, 5.74) is 2.72. The molecule has 82 valence electrons. The summed E-state index contributed by atoms with van der Waals surface area (Å²) in [5, 5.41) is 11.2. The maximum atomic E-state index is 11.1. The predicted octanol–water partition coefficient (Wildman–Crippen LogP) is 1.67. The van der Waals surface area contributed by atoms with E-state index < -0.39 is 5.97 Å². The fourth-order valence-corrected chi connectivity index (χ4v) is 1.65. The van der Waals surface area contributed by atoms with Crippen LogP contribution in [0.2, 0.25) is 0 Å². The Bertz CT molecular complexity index is 477. The SMILES string of the molecule is O=C(O)CC=Cc1ccc2c(c1)CC(=O)N2. The molecular formula is C12H11NO3. The molecule has 1 aromatic rings. The summed E-state index contributed by atoms with van der Waals surface area (Å²) >= 11 is 0. The second kappa shape index (κ2) is 4.18. The van der Waals surface area contributed by atoms with E-state index in [1.54, 1.807) is 12.2 Å². The molecule has 1 heterocycles. The third-order valence-corrected chi connectivity index (χ3v) is 2.36. The normalized spacial score (nSPS) is 13.9. The molecule has 0 radical (unpaired) electrons. The lowest BCUT2D eigenvalue weighted by atomic mass is 10.1. The van der Waals surface area contributed by atoms with Gasteiger partial charge in [0.2, 0.25) is 5.91 Å². The van der Waals surface area contributed by atoms with Gasteiger partial charge in [-0.25, -0.2) is 0 Å². The number of benzene rings is 1. The second-order valence-electron chi connectivity index (χ2n) is 3.64. The number of carbonyl (C=O) groups excluding carboxylic acids is 1. The van der Waals surface area contributed by atoms with E-state index in [2.05, 4.69) is 5.32 Å². The molecule has 4 nitrogen and oxygen atoms in total. The van der Waals surface area contributed by atoms with Crippen LogP contribution in [0.5, 0.6) is 0 Å². The molecule has 0 bridgehead atoms. The van der Waals surface area contributed by atoms with Gasteiger partial charge in [-0.1, -0.05) is 18.2 Å². The van der Waals surface area contributed by atoms with Crippen molar-refractivity contribution in [3.8, 4) is 0 Å². The minimum atomic E-state index is -0.853. The summed E-state index contributed by atoms with van der Waals surface area (Å²) in [7, 11) is 0. The van der Waals surface area contributed by atoms with Crippen molar-refractivity contribution < 1.29 is 14.7 Å².